The maximum absolute atomic E-state index is 10.9. The Kier molecular flexibility index (Phi) is 3.19. The van der Waals surface area contributed by atoms with Crippen LogP contribution in [0.15, 0.2) is 36.4 Å². The molecule has 2 aromatic carbocycles. The van der Waals surface area contributed by atoms with Crippen LogP contribution in [0.4, 0.5) is 0 Å². The molecule has 0 bridgehead atoms. The summed E-state index contributed by atoms with van der Waals surface area (Å²) in [7, 11) is 0. The van der Waals surface area contributed by atoms with Crippen LogP contribution < -0.4 is 0 Å². The summed E-state index contributed by atoms with van der Waals surface area (Å²) in [6, 6.07) is 11.6. The predicted molar refractivity (Wildman–Crippen MR) is 73.0 cm³/mol. The second-order valence-electron chi connectivity index (χ2n) is 4.71. The molecule has 0 saturated carbocycles. The molecule has 1 N–H and O–H groups in total. The molecule has 0 radical (unpaired) electrons. The summed E-state index contributed by atoms with van der Waals surface area (Å²) in [5.74, 6) is -0.884. The number of carboxylic acid groups (broad SMARTS) is 1. The number of carbonyl (C=O) groups is 1. The zero-order valence-electron chi connectivity index (χ0n) is 10.8. The lowest BCUT2D eigenvalue weighted by Gasteiger charge is -2.09. The van der Waals surface area contributed by atoms with Gasteiger partial charge in [-0.05, 0) is 49.6 Å². The molecule has 18 heavy (non-hydrogen) atoms. The van der Waals surface area contributed by atoms with Gasteiger partial charge in [0.25, 0.3) is 0 Å². The van der Waals surface area contributed by atoms with Crippen LogP contribution in [0.1, 0.15) is 27.0 Å². The SMILES string of the molecule is Cc1cc(C)cc(-c2ccc(C(=O)O)cc2C)c1. The average molecular weight is 240 g/mol. The van der Waals surface area contributed by atoms with Crippen molar-refractivity contribution >= 4 is 5.97 Å². The molecule has 0 fully saturated rings. The van der Waals surface area contributed by atoms with Crippen molar-refractivity contribution in [2.45, 2.75) is 20.8 Å². The lowest BCUT2D eigenvalue weighted by molar-refractivity contribution is 0.0697. The van der Waals surface area contributed by atoms with E-state index in [0.717, 1.165) is 16.7 Å². The molecule has 0 atom stereocenters. The third-order valence-corrected chi connectivity index (χ3v) is 3.01. The number of aryl methyl sites for hydroxylation is 3. The number of benzene rings is 2. The minimum Gasteiger partial charge on any atom is -0.478 e. The van der Waals surface area contributed by atoms with Gasteiger partial charge in [0, 0.05) is 0 Å². The summed E-state index contributed by atoms with van der Waals surface area (Å²) in [4.78, 5) is 10.9. The van der Waals surface area contributed by atoms with Gasteiger partial charge in [-0.2, -0.15) is 0 Å². The van der Waals surface area contributed by atoms with Crippen molar-refractivity contribution in [3.63, 3.8) is 0 Å². The molecule has 0 aliphatic carbocycles. The van der Waals surface area contributed by atoms with E-state index >= 15 is 0 Å². The fourth-order valence-electron chi connectivity index (χ4n) is 2.25. The predicted octanol–water partition coefficient (Wildman–Crippen LogP) is 3.98. The van der Waals surface area contributed by atoms with E-state index < -0.39 is 5.97 Å². The summed E-state index contributed by atoms with van der Waals surface area (Å²) < 4.78 is 0. The first kappa shape index (κ1) is 12.4. The van der Waals surface area contributed by atoms with Gasteiger partial charge in [-0.1, -0.05) is 35.4 Å². The van der Waals surface area contributed by atoms with Crippen LogP contribution in [0, 0.1) is 20.8 Å². The van der Waals surface area contributed by atoms with E-state index in [1.54, 1.807) is 12.1 Å². The van der Waals surface area contributed by atoms with Crippen molar-refractivity contribution in [3.8, 4) is 11.1 Å². The lowest BCUT2D eigenvalue weighted by atomic mass is 9.96. The number of hydrogen-bond acceptors (Lipinski definition) is 1. The van der Waals surface area contributed by atoms with E-state index in [2.05, 4.69) is 32.0 Å². The van der Waals surface area contributed by atoms with Gasteiger partial charge in [-0.25, -0.2) is 4.79 Å². The molecule has 0 saturated heterocycles. The van der Waals surface area contributed by atoms with E-state index in [9.17, 15) is 4.79 Å². The minimum absolute atomic E-state index is 0.334. The van der Waals surface area contributed by atoms with E-state index in [4.69, 9.17) is 5.11 Å². The Morgan fingerprint density at radius 2 is 1.56 bits per heavy atom. The molecule has 2 heteroatoms. The molecule has 92 valence electrons. The van der Waals surface area contributed by atoms with Crippen molar-refractivity contribution in [1.82, 2.24) is 0 Å². The zero-order valence-corrected chi connectivity index (χ0v) is 10.8. The highest BCUT2D eigenvalue weighted by Crippen LogP contribution is 2.26. The Morgan fingerprint density at radius 3 is 2.06 bits per heavy atom. The normalized spacial score (nSPS) is 10.4. The molecule has 0 unspecified atom stereocenters. The van der Waals surface area contributed by atoms with Crippen LogP contribution in [-0.4, -0.2) is 11.1 Å². The fourth-order valence-corrected chi connectivity index (χ4v) is 2.25. The Morgan fingerprint density at radius 1 is 0.944 bits per heavy atom. The third-order valence-electron chi connectivity index (χ3n) is 3.01. The highest BCUT2D eigenvalue weighted by Gasteiger charge is 2.07. The highest BCUT2D eigenvalue weighted by atomic mass is 16.4. The van der Waals surface area contributed by atoms with Gasteiger partial charge in [-0.15, -0.1) is 0 Å². The van der Waals surface area contributed by atoms with E-state index in [-0.39, 0.29) is 0 Å². The van der Waals surface area contributed by atoms with Crippen LogP contribution in [0.25, 0.3) is 11.1 Å². The maximum atomic E-state index is 10.9. The first-order valence-corrected chi connectivity index (χ1v) is 5.90. The van der Waals surface area contributed by atoms with E-state index in [1.165, 1.54) is 11.1 Å². The van der Waals surface area contributed by atoms with Gasteiger partial charge >= 0.3 is 5.97 Å². The van der Waals surface area contributed by atoms with Crippen molar-refractivity contribution in [1.29, 1.82) is 0 Å². The van der Waals surface area contributed by atoms with E-state index in [1.807, 2.05) is 13.0 Å². The van der Waals surface area contributed by atoms with Crippen LogP contribution in [0.3, 0.4) is 0 Å². The van der Waals surface area contributed by atoms with E-state index in [0.29, 0.717) is 5.56 Å². The molecular formula is C16H16O2. The second-order valence-corrected chi connectivity index (χ2v) is 4.71. The summed E-state index contributed by atoms with van der Waals surface area (Å²) in [5, 5.41) is 8.96. The summed E-state index contributed by atoms with van der Waals surface area (Å²) in [6.45, 7) is 6.08. The number of aromatic carboxylic acids is 1. The minimum atomic E-state index is -0.884. The quantitative estimate of drug-likeness (QED) is 0.862. The highest BCUT2D eigenvalue weighted by molar-refractivity contribution is 5.89. The third kappa shape index (κ3) is 2.43. The summed E-state index contributed by atoms with van der Waals surface area (Å²) in [6.07, 6.45) is 0. The molecule has 0 aliphatic rings. The number of carboxylic acids is 1. The Balaban J connectivity index is 2.54. The van der Waals surface area contributed by atoms with Crippen LogP contribution in [0.2, 0.25) is 0 Å². The number of rotatable bonds is 2. The first-order chi connectivity index (χ1) is 8.47. The van der Waals surface area contributed by atoms with Gasteiger partial charge in [0.15, 0.2) is 0 Å². The monoisotopic (exact) mass is 240 g/mol. The lowest BCUT2D eigenvalue weighted by Crippen LogP contribution is -1.97. The zero-order chi connectivity index (χ0) is 13.3. The Hall–Kier alpha value is -2.09. The van der Waals surface area contributed by atoms with Crippen molar-refractivity contribution in [2.75, 3.05) is 0 Å². The standard InChI is InChI=1S/C16H16O2/c1-10-6-11(2)8-14(7-10)15-5-4-13(16(17)18)9-12(15)3/h4-9H,1-3H3,(H,17,18). The molecule has 2 aromatic rings. The summed E-state index contributed by atoms with van der Waals surface area (Å²) >= 11 is 0. The van der Waals surface area contributed by atoms with Crippen LogP contribution in [0.5, 0.6) is 0 Å². The smallest absolute Gasteiger partial charge is 0.335 e. The second kappa shape index (κ2) is 4.65. The summed E-state index contributed by atoms with van der Waals surface area (Å²) in [5.41, 5.74) is 5.98. The molecule has 2 nitrogen and oxygen atoms in total. The molecule has 0 aliphatic heterocycles. The maximum Gasteiger partial charge on any atom is 0.335 e. The van der Waals surface area contributed by atoms with Gasteiger partial charge in [-0.3, -0.25) is 0 Å². The molecule has 0 amide bonds. The van der Waals surface area contributed by atoms with Crippen LogP contribution >= 0.6 is 0 Å². The van der Waals surface area contributed by atoms with Crippen molar-refractivity contribution in [3.05, 3.63) is 58.7 Å². The van der Waals surface area contributed by atoms with Gasteiger partial charge in [0.1, 0.15) is 0 Å². The van der Waals surface area contributed by atoms with Gasteiger partial charge in [0.2, 0.25) is 0 Å². The van der Waals surface area contributed by atoms with Crippen LogP contribution in [-0.2, 0) is 0 Å². The molecule has 2 rings (SSSR count). The van der Waals surface area contributed by atoms with Crippen molar-refractivity contribution in [2.24, 2.45) is 0 Å². The van der Waals surface area contributed by atoms with Gasteiger partial charge in [0.05, 0.1) is 5.56 Å². The van der Waals surface area contributed by atoms with Gasteiger partial charge < -0.3 is 5.11 Å². The Labute approximate surface area is 107 Å². The Bertz CT molecular complexity index is 592. The molecule has 0 aromatic heterocycles. The number of hydrogen-bond donors (Lipinski definition) is 1. The largest absolute Gasteiger partial charge is 0.478 e. The average Bonchev–Trinajstić information content (AvgIpc) is 2.27. The fraction of sp³-hybridized carbons (Fsp3) is 0.188. The molecule has 0 heterocycles. The first-order valence-electron chi connectivity index (χ1n) is 5.90. The molecular weight excluding hydrogens is 224 g/mol. The van der Waals surface area contributed by atoms with Crippen molar-refractivity contribution < 1.29 is 9.90 Å². The topological polar surface area (TPSA) is 37.3 Å². The molecule has 0 spiro atoms.